The van der Waals surface area contributed by atoms with Crippen LogP contribution in [0.4, 0.5) is 0 Å². The summed E-state index contributed by atoms with van der Waals surface area (Å²) in [5.74, 6) is -0.853. The fraction of sp³-hybridized carbons (Fsp3) is 0.417. The molecule has 1 aliphatic heterocycles. The monoisotopic (exact) mass is 255 g/mol. The van der Waals surface area contributed by atoms with Gasteiger partial charge in [-0.15, -0.1) is 0 Å². The fourth-order valence-electron chi connectivity index (χ4n) is 2.02. The van der Waals surface area contributed by atoms with Crippen molar-refractivity contribution in [1.29, 1.82) is 0 Å². The second-order valence-corrected chi connectivity index (χ2v) is 4.38. The van der Waals surface area contributed by atoms with Gasteiger partial charge in [0.1, 0.15) is 6.04 Å². The Labute approximate surface area is 105 Å². The van der Waals surface area contributed by atoms with Crippen molar-refractivity contribution in [2.75, 3.05) is 26.3 Å². The predicted octanol–water partition coefficient (Wildman–Crippen LogP) is 1.80. The molecule has 4 nitrogen and oxygen atoms in total. The van der Waals surface area contributed by atoms with Gasteiger partial charge in [-0.3, -0.25) is 9.69 Å². The lowest BCUT2D eigenvalue weighted by Crippen LogP contribution is -2.42. The first kappa shape index (κ1) is 12.4. The second-order valence-electron chi connectivity index (χ2n) is 3.94. The van der Waals surface area contributed by atoms with E-state index < -0.39 is 12.0 Å². The number of hydrogen-bond acceptors (Lipinski definition) is 3. The first-order valence-electron chi connectivity index (χ1n) is 5.48. The predicted molar refractivity (Wildman–Crippen MR) is 64.2 cm³/mol. The summed E-state index contributed by atoms with van der Waals surface area (Å²) in [4.78, 5) is 13.3. The number of morpholine rings is 1. The third-order valence-electron chi connectivity index (χ3n) is 2.81. The first-order valence-corrected chi connectivity index (χ1v) is 5.86. The van der Waals surface area contributed by atoms with E-state index in [1.165, 1.54) is 0 Å². The lowest BCUT2D eigenvalue weighted by atomic mass is 10.1. The number of carboxylic acid groups (broad SMARTS) is 1. The summed E-state index contributed by atoms with van der Waals surface area (Å²) in [5, 5.41) is 9.90. The summed E-state index contributed by atoms with van der Waals surface area (Å²) in [5.41, 5.74) is 0.715. The minimum absolute atomic E-state index is 0.557. The largest absolute Gasteiger partial charge is 0.480 e. The van der Waals surface area contributed by atoms with E-state index in [0.29, 0.717) is 36.9 Å². The molecule has 1 aliphatic rings. The average molecular weight is 256 g/mol. The number of benzene rings is 1. The molecule has 0 amide bonds. The van der Waals surface area contributed by atoms with Crippen LogP contribution in [0.1, 0.15) is 11.6 Å². The lowest BCUT2D eigenvalue weighted by molar-refractivity contribution is -0.145. The molecule has 5 heteroatoms. The number of nitrogens with zero attached hydrogens (tertiary/aromatic N) is 1. The van der Waals surface area contributed by atoms with Gasteiger partial charge in [-0.1, -0.05) is 23.7 Å². The minimum Gasteiger partial charge on any atom is -0.480 e. The van der Waals surface area contributed by atoms with Crippen LogP contribution in [0.15, 0.2) is 24.3 Å². The summed E-state index contributed by atoms with van der Waals surface area (Å²) in [6, 6.07) is 6.37. The van der Waals surface area contributed by atoms with Crippen LogP contribution >= 0.6 is 11.6 Å². The van der Waals surface area contributed by atoms with Crippen molar-refractivity contribution in [1.82, 2.24) is 4.90 Å². The van der Waals surface area contributed by atoms with Gasteiger partial charge in [0.05, 0.1) is 13.2 Å². The van der Waals surface area contributed by atoms with Crippen molar-refractivity contribution in [3.63, 3.8) is 0 Å². The molecule has 0 radical (unpaired) electrons. The van der Waals surface area contributed by atoms with E-state index >= 15 is 0 Å². The molecule has 1 saturated heterocycles. The first-order chi connectivity index (χ1) is 8.18. The Kier molecular flexibility index (Phi) is 3.99. The van der Waals surface area contributed by atoms with Crippen LogP contribution in [0.3, 0.4) is 0 Å². The van der Waals surface area contributed by atoms with E-state index in [4.69, 9.17) is 16.3 Å². The topological polar surface area (TPSA) is 49.8 Å². The van der Waals surface area contributed by atoms with Crippen molar-refractivity contribution in [2.24, 2.45) is 0 Å². The highest BCUT2D eigenvalue weighted by molar-refractivity contribution is 6.30. The Morgan fingerprint density at radius 3 is 2.71 bits per heavy atom. The highest BCUT2D eigenvalue weighted by Crippen LogP contribution is 2.24. The molecule has 1 heterocycles. The number of hydrogen-bond donors (Lipinski definition) is 1. The second kappa shape index (κ2) is 5.49. The lowest BCUT2D eigenvalue weighted by Gasteiger charge is -2.32. The highest BCUT2D eigenvalue weighted by atomic mass is 35.5. The van der Waals surface area contributed by atoms with Crippen molar-refractivity contribution in [3.05, 3.63) is 34.9 Å². The zero-order valence-corrected chi connectivity index (χ0v) is 10.1. The van der Waals surface area contributed by atoms with Gasteiger partial charge in [0.2, 0.25) is 0 Å². The van der Waals surface area contributed by atoms with Crippen molar-refractivity contribution in [2.45, 2.75) is 6.04 Å². The van der Waals surface area contributed by atoms with Gasteiger partial charge >= 0.3 is 5.97 Å². The van der Waals surface area contributed by atoms with E-state index in [2.05, 4.69) is 0 Å². The summed E-state index contributed by atoms with van der Waals surface area (Å²) in [7, 11) is 0. The van der Waals surface area contributed by atoms with Gasteiger partial charge in [-0.25, -0.2) is 0 Å². The minimum atomic E-state index is -0.853. The van der Waals surface area contributed by atoms with Crippen molar-refractivity contribution < 1.29 is 14.6 Å². The van der Waals surface area contributed by atoms with Gasteiger partial charge in [0.15, 0.2) is 0 Å². The molecular weight excluding hydrogens is 242 g/mol. The Morgan fingerprint density at radius 1 is 1.41 bits per heavy atom. The van der Waals surface area contributed by atoms with Gasteiger partial charge in [0.25, 0.3) is 0 Å². The highest BCUT2D eigenvalue weighted by Gasteiger charge is 2.28. The molecule has 1 fully saturated rings. The zero-order chi connectivity index (χ0) is 12.3. The molecule has 1 N–H and O–H groups in total. The van der Waals surface area contributed by atoms with E-state index in [1.54, 1.807) is 24.3 Å². The fourth-order valence-corrected chi connectivity index (χ4v) is 2.22. The number of rotatable bonds is 3. The maximum absolute atomic E-state index is 11.4. The molecule has 0 bridgehead atoms. The third kappa shape index (κ3) is 2.97. The van der Waals surface area contributed by atoms with E-state index in [-0.39, 0.29) is 0 Å². The van der Waals surface area contributed by atoms with Gasteiger partial charge in [-0.05, 0) is 17.7 Å². The Hall–Kier alpha value is -1.10. The number of carboxylic acids is 1. The summed E-state index contributed by atoms with van der Waals surface area (Å²) in [6.07, 6.45) is 0. The molecule has 92 valence electrons. The zero-order valence-electron chi connectivity index (χ0n) is 9.30. The summed E-state index contributed by atoms with van der Waals surface area (Å²) in [6.45, 7) is 2.40. The van der Waals surface area contributed by atoms with E-state index in [1.807, 2.05) is 4.90 Å². The molecule has 1 aromatic rings. The number of aliphatic carboxylic acids is 1. The third-order valence-corrected chi connectivity index (χ3v) is 3.04. The smallest absolute Gasteiger partial charge is 0.325 e. The van der Waals surface area contributed by atoms with E-state index in [9.17, 15) is 9.90 Å². The van der Waals surface area contributed by atoms with Gasteiger partial charge in [-0.2, -0.15) is 0 Å². The van der Waals surface area contributed by atoms with Crippen LogP contribution in [0, 0.1) is 0 Å². The quantitative estimate of drug-likeness (QED) is 0.895. The molecular formula is C12H14ClNO3. The molecule has 0 aliphatic carbocycles. The maximum atomic E-state index is 11.4. The molecule has 1 atom stereocenters. The normalized spacial score (nSPS) is 18.9. The Balaban J connectivity index is 2.25. The van der Waals surface area contributed by atoms with Crippen LogP contribution in [0.5, 0.6) is 0 Å². The Morgan fingerprint density at radius 2 is 2.12 bits per heavy atom. The SMILES string of the molecule is O=C(O)C(c1cccc(Cl)c1)N1CCOCC1. The molecule has 1 aromatic carbocycles. The van der Waals surface area contributed by atoms with Crippen LogP contribution < -0.4 is 0 Å². The standard InChI is InChI=1S/C12H14ClNO3/c13-10-3-1-2-9(8-10)11(12(15)16)14-4-6-17-7-5-14/h1-3,8,11H,4-7H2,(H,15,16). The maximum Gasteiger partial charge on any atom is 0.325 e. The molecule has 0 aromatic heterocycles. The van der Waals surface area contributed by atoms with Gasteiger partial charge < -0.3 is 9.84 Å². The Bertz CT molecular complexity index is 404. The molecule has 0 spiro atoms. The van der Waals surface area contributed by atoms with Crippen LogP contribution in [0.2, 0.25) is 5.02 Å². The molecule has 0 saturated carbocycles. The van der Waals surface area contributed by atoms with Crippen LogP contribution in [-0.4, -0.2) is 42.3 Å². The average Bonchev–Trinajstić information content (AvgIpc) is 2.30. The molecule has 1 unspecified atom stereocenters. The number of ether oxygens (including phenoxy) is 1. The van der Waals surface area contributed by atoms with Gasteiger partial charge in [0, 0.05) is 18.1 Å². The van der Waals surface area contributed by atoms with Crippen LogP contribution in [-0.2, 0) is 9.53 Å². The molecule has 2 rings (SSSR count). The number of carbonyl (C=O) groups is 1. The van der Waals surface area contributed by atoms with Crippen LogP contribution in [0.25, 0.3) is 0 Å². The van der Waals surface area contributed by atoms with E-state index in [0.717, 1.165) is 0 Å². The summed E-state index contributed by atoms with van der Waals surface area (Å²) < 4.78 is 5.23. The van der Waals surface area contributed by atoms with Crippen molar-refractivity contribution in [3.8, 4) is 0 Å². The molecule has 17 heavy (non-hydrogen) atoms. The van der Waals surface area contributed by atoms with Crippen molar-refractivity contribution >= 4 is 17.6 Å². The summed E-state index contributed by atoms with van der Waals surface area (Å²) >= 11 is 5.90. The number of halogens is 1.